The summed E-state index contributed by atoms with van der Waals surface area (Å²) in [6.07, 6.45) is 5.22. The van der Waals surface area contributed by atoms with Gasteiger partial charge in [-0.25, -0.2) is 29.5 Å². The summed E-state index contributed by atoms with van der Waals surface area (Å²) < 4.78 is 0. The van der Waals surface area contributed by atoms with Gasteiger partial charge in [0.05, 0.1) is 23.9 Å². The van der Waals surface area contributed by atoms with Crippen LogP contribution in [0.1, 0.15) is 123 Å². The number of nitrogens with zero attached hydrogens (tertiary/aromatic N) is 2. The first-order chi connectivity index (χ1) is 19.3. The minimum Gasteiger partial charge on any atom is -0.359 e. The first-order valence-corrected chi connectivity index (χ1v) is 16.7. The molecule has 0 aromatic carbocycles. The molecule has 1 aliphatic rings. The lowest BCUT2D eigenvalue weighted by atomic mass is 10.2. The van der Waals surface area contributed by atoms with E-state index in [1.807, 2.05) is 20.8 Å². The molecule has 3 rings (SSSR count). The van der Waals surface area contributed by atoms with Gasteiger partial charge in [-0.3, -0.25) is 10.6 Å². The summed E-state index contributed by atoms with van der Waals surface area (Å²) in [4.78, 5) is 27.9. The molecule has 0 amide bonds. The Morgan fingerprint density at radius 2 is 1.37 bits per heavy atom. The molecule has 0 atom stereocenters. The second-order valence-corrected chi connectivity index (χ2v) is 13.2. The number of hydrogen-bond donors (Lipinski definition) is 3. The smallest absolute Gasteiger partial charge is 0.183 e. The lowest BCUT2D eigenvalue weighted by molar-refractivity contribution is -0.326. The van der Waals surface area contributed by atoms with Crippen LogP contribution in [0.25, 0.3) is 0 Å². The average molecular weight is 618 g/mol. The molecule has 41 heavy (non-hydrogen) atoms. The fourth-order valence-corrected chi connectivity index (χ4v) is 4.91. The minimum absolute atomic E-state index is 0.346. The van der Waals surface area contributed by atoms with Crippen molar-refractivity contribution in [3.63, 3.8) is 0 Å². The van der Waals surface area contributed by atoms with Gasteiger partial charge >= 0.3 is 0 Å². The Balaban J connectivity index is 0.000000528. The molecule has 2 aromatic heterocycles. The zero-order valence-corrected chi connectivity index (χ0v) is 29.3. The van der Waals surface area contributed by atoms with E-state index in [1.165, 1.54) is 30.7 Å². The predicted molar refractivity (Wildman–Crippen MR) is 175 cm³/mol. The summed E-state index contributed by atoms with van der Waals surface area (Å²) in [6, 6.07) is 1.37. The molecule has 11 heteroatoms. The van der Waals surface area contributed by atoms with E-state index in [-0.39, 0.29) is 0 Å². The van der Waals surface area contributed by atoms with E-state index in [1.54, 1.807) is 22.7 Å². The van der Waals surface area contributed by atoms with E-state index in [4.69, 9.17) is 9.78 Å². The zero-order valence-electron chi connectivity index (χ0n) is 27.7. The molecule has 0 radical (unpaired) electrons. The Kier molecular flexibility index (Phi) is 23.6. The van der Waals surface area contributed by atoms with Crippen LogP contribution in [-0.2, 0) is 19.6 Å². The quantitative estimate of drug-likeness (QED) is 0.0893. The molecule has 1 saturated carbocycles. The molecular formula is C30H59N5O4S2. The van der Waals surface area contributed by atoms with Crippen molar-refractivity contribution in [2.24, 2.45) is 0 Å². The highest BCUT2D eigenvalue weighted by molar-refractivity contribution is 7.13. The van der Waals surface area contributed by atoms with E-state index in [9.17, 15) is 0 Å². The van der Waals surface area contributed by atoms with Crippen LogP contribution in [0.15, 0.2) is 10.8 Å². The van der Waals surface area contributed by atoms with Crippen LogP contribution in [0.2, 0.25) is 0 Å². The van der Waals surface area contributed by atoms with Crippen molar-refractivity contribution in [3.05, 3.63) is 27.2 Å². The molecule has 0 unspecified atom stereocenters. The van der Waals surface area contributed by atoms with Gasteiger partial charge in [0.15, 0.2) is 5.13 Å². The third-order valence-corrected chi connectivity index (χ3v) is 7.44. The van der Waals surface area contributed by atoms with Gasteiger partial charge in [-0.1, -0.05) is 40.5 Å². The van der Waals surface area contributed by atoms with Crippen molar-refractivity contribution in [1.82, 2.24) is 20.6 Å². The lowest BCUT2D eigenvalue weighted by Gasteiger charge is -2.11. The van der Waals surface area contributed by atoms with Gasteiger partial charge in [0.2, 0.25) is 0 Å². The lowest BCUT2D eigenvalue weighted by Crippen LogP contribution is -2.26. The maximum atomic E-state index is 5.19. The molecule has 240 valence electrons. The van der Waals surface area contributed by atoms with Crippen LogP contribution in [0.4, 0.5) is 5.13 Å². The number of rotatable bonds is 13. The Labute approximate surface area is 258 Å². The van der Waals surface area contributed by atoms with Crippen LogP contribution >= 0.6 is 22.7 Å². The summed E-state index contributed by atoms with van der Waals surface area (Å²) in [5.74, 6) is 1.12. The molecule has 2 aromatic rings. The first kappa shape index (κ1) is 39.8. The van der Waals surface area contributed by atoms with E-state index in [2.05, 4.69) is 102 Å². The Morgan fingerprint density at radius 1 is 0.780 bits per heavy atom. The monoisotopic (exact) mass is 617 g/mol. The molecule has 1 fully saturated rings. The third kappa shape index (κ3) is 23.0. The highest BCUT2D eigenvalue weighted by Crippen LogP contribution is 2.22. The number of nitrogens with one attached hydrogen (secondary N) is 3. The van der Waals surface area contributed by atoms with Crippen molar-refractivity contribution < 1.29 is 19.6 Å². The van der Waals surface area contributed by atoms with Gasteiger partial charge in [0.25, 0.3) is 0 Å². The molecule has 9 nitrogen and oxygen atoms in total. The molecule has 0 aliphatic heterocycles. The van der Waals surface area contributed by atoms with E-state index in [0.717, 1.165) is 23.7 Å². The largest absolute Gasteiger partial charge is 0.359 e. The van der Waals surface area contributed by atoms with Crippen LogP contribution in [0.3, 0.4) is 0 Å². The Bertz CT molecular complexity index is 854. The average Bonchev–Trinajstić information content (AvgIpc) is 3.65. The fraction of sp³-hybridized carbons (Fsp3) is 0.800. The minimum atomic E-state index is 0.346. The summed E-state index contributed by atoms with van der Waals surface area (Å²) in [5, 5.41) is 15.9. The topological polar surface area (TPSA) is 98.8 Å². The van der Waals surface area contributed by atoms with Crippen LogP contribution < -0.4 is 16.0 Å². The van der Waals surface area contributed by atoms with Crippen LogP contribution in [0, 0.1) is 6.92 Å². The van der Waals surface area contributed by atoms with Gasteiger partial charge in [-0.2, -0.15) is 0 Å². The molecule has 1 aliphatic carbocycles. The molecule has 2 heterocycles. The summed E-state index contributed by atoms with van der Waals surface area (Å²) in [5.41, 5.74) is 2.33. The van der Waals surface area contributed by atoms with Gasteiger partial charge in [-0.15, -0.1) is 22.7 Å². The van der Waals surface area contributed by atoms with Crippen molar-refractivity contribution in [3.8, 4) is 0 Å². The van der Waals surface area contributed by atoms with Crippen molar-refractivity contribution in [2.75, 3.05) is 25.9 Å². The Hall–Kier alpha value is -1.18. The molecular weight excluding hydrogens is 558 g/mol. The second kappa shape index (κ2) is 24.3. The number of hydrogen-bond acceptors (Lipinski definition) is 11. The summed E-state index contributed by atoms with van der Waals surface area (Å²) in [7, 11) is 1.49. The number of anilines is 1. The van der Waals surface area contributed by atoms with Crippen LogP contribution in [-0.4, -0.2) is 54.8 Å². The van der Waals surface area contributed by atoms with Gasteiger partial charge in [0, 0.05) is 40.5 Å². The standard InChI is InChI=1S/C9H16N2S.C9H19NO2.C7H11NS.C5H13NO2/c1-6(2)8-5-12-9(11-8)10-7(3)4;1-8(2)10-7-11-12-9-5-3-4-6-9;1-5(2)7-8-6(3)4-9-7;1-5(2)6-4-8-7-3/h5-7H,1-4H3,(H,10,11);8-10H,3-7H2,1-2H3;4-5H,1-3H3;5-6H,4H2,1-3H3. The molecule has 0 spiro atoms. The highest BCUT2D eigenvalue weighted by atomic mass is 32.1. The van der Waals surface area contributed by atoms with Crippen molar-refractivity contribution in [1.29, 1.82) is 0 Å². The first-order valence-electron chi connectivity index (χ1n) is 14.9. The SMILES string of the molecule is CC(C)NCOOC1CCCC1.CC(C)Nc1nc(C(C)C)cs1.COOCNC(C)C.Cc1csc(C(C)C)n1. The predicted octanol–water partition coefficient (Wildman–Crippen LogP) is 8.01. The molecule has 3 N–H and O–H groups in total. The van der Waals surface area contributed by atoms with E-state index >= 15 is 0 Å². The van der Waals surface area contributed by atoms with Gasteiger partial charge in [-0.05, 0) is 67.2 Å². The maximum Gasteiger partial charge on any atom is 0.183 e. The van der Waals surface area contributed by atoms with Crippen molar-refractivity contribution >= 4 is 27.8 Å². The zero-order chi connectivity index (χ0) is 31.2. The van der Waals surface area contributed by atoms with Gasteiger partial charge in [0.1, 0.15) is 13.5 Å². The molecule has 0 saturated heterocycles. The maximum absolute atomic E-state index is 5.19. The number of thiazole rings is 2. The number of aromatic nitrogens is 2. The van der Waals surface area contributed by atoms with Crippen molar-refractivity contribution in [2.45, 2.75) is 138 Å². The van der Waals surface area contributed by atoms with E-state index < -0.39 is 0 Å². The Morgan fingerprint density at radius 3 is 1.76 bits per heavy atom. The summed E-state index contributed by atoms with van der Waals surface area (Å²) in [6.45, 7) is 24.1. The van der Waals surface area contributed by atoms with Crippen LogP contribution in [0.5, 0.6) is 0 Å². The fourth-order valence-electron chi connectivity index (χ4n) is 3.08. The number of aryl methyl sites for hydroxylation is 1. The highest BCUT2D eigenvalue weighted by Gasteiger charge is 2.16. The van der Waals surface area contributed by atoms with E-state index in [0.29, 0.717) is 49.5 Å². The second-order valence-electron chi connectivity index (χ2n) is 11.4. The molecule has 0 bridgehead atoms. The third-order valence-electron chi connectivity index (χ3n) is 5.38. The normalized spacial score (nSPS) is 13.3. The summed E-state index contributed by atoms with van der Waals surface area (Å²) >= 11 is 3.43. The van der Waals surface area contributed by atoms with Gasteiger partial charge < -0.3 is 5.32 Å².